The monoisotopic (exact) mass is 335 g/mol. The molecule has 2 unspecified atom stereocenters. The van der Waals surface area contributed by atoms with Crippen molar-refractivity contribution in [3.05, 3.63) is 24.8 Å². The quantitative estimate of drug-likeness (QED) is 0.193. The van der Waals surface area contributed by atoms with Gasteiger partial charge in [0.25, 0.3) is 0 Å². The van der Waals surface area contributed by atoms with Crippen molar-refractivity contribution in [1.82, 2.24) is 5.32 Å². The fourth-order valence-corrected chi connectivity index (χ4v) is 2.42. The average molecular weight is 335 g/mol. The van der Waals surface area contributed by atoms with Crippen molar-refractivity contribution in [3.8, 4) is 0 Å². The molecule has 0 aromatic carbocycles. The van der Waals surface area contributed by atoms with Crippen molar-refractivity contribution in [3.63, 3.8) is 0 Å². The van der Waals surface area contributed by atoms with Gasteiger partial charge in [0.05, 0.1) is 21.1 Å². The third-order valence-corrected chi connectivity index (χ3v) is 4.32. The maximum atomic E-state index is 12.3. The number of nitrogens with one attached hydrogen (secondary N) is 1. The molecular formula is C14H28N2O5P+. The van der Waals surface area contributed by atoms with Gasteiger partial charge in [-0.3, -0.25) is 9.88 Å². The van der Waals surface area contributed by atoms with Crippen LogP contribution in [0.1, 0.15) is 6.92 Å². The molecule has 0 rings (SSSR count). The van der Waals surface area contributed by atoms with E-state index in [4.69, 9.17) is 9.26 Å². The van der Waals surface area contributed by atoms with E-state index in [0.29, 0.717) is 17.6 Å². The van der Waals surface area contributed by atoms with Crippen LogP contribution in [0, 0.1) is 0 Å². The van der Waals surface area contributed by atoms with E-state index in [1.807, 2.05) is 21.1 Å². The summed E-state index contributed by atoms with van der Waals surface area (Å²) in [5.41, 5.74) is 0.223. The maximum absolute atomic E-state index is 12.3. The molecule has 0 saturated carbocycles. The summed E-state index contributed by atoms with van der Waals surface area (Å²) >= 11 is 0. The minimum atomic E-state index is -3.98. The fraction of sp³-hybridized carbons (Fsp3) is 0.643. The predicted molar refractivity (Wildman–Crippen MR) is 86.4 cm³/mol. The average Bonchev–Trinajstić information content (AvgIpc) is 2.35. The van der Waals surface area contributed by atoms with E-state index in [1.165, 1.54) is 6.92 Å². The van der Waals surface area contributed by atoms with Crippen LogP contribution in [0.3, 0.4) is 0 Å². The summed E-state index contributed by atoms with van der Waals surface area (Å²) in [7, 11) is 1.88. The Morgan fingerprint density at radius 3 is 2.50 bits per heavy atom. The molecule has 0 spiro atoms. The van der Waals surface area contributed by atoms with Crippen LogP contribution in [0.2, 0.25) is 0 Å². The zero-order chi connectivity index (χ0) is 17.4. The topological polar surface area (TPSA) is 84.9 Å². The molecule has 0 heterocycles. The van der Waals surface area contributed by atoms with Gasteiger partial charge in [-0.15, -0.1) is 6.58 Å². The second kappa shape index (κ2) is 9.22. The molecule has 0 aliphatic rings. The number of carbonyl (C=O) groups excluding carboxylic acids is 1. The maximum Gasteiger partial charge on any atom is 0.348 e. The molecule has 2 atom stereocenters. The smallest absolute Gasteiger partial charge is 0.348 e. The van der Waals surface area contributed by atoms with E-state index in [9.17, 15) is 14.3 Å². The van der Waals surface area contributed by atoms with E-state index in [1.54, 1.807) is 6.08 Å². The molecular weight excluding hydrogens is 307 g/mol. The van der Waals surface area contributed by atoms with Crippen LogP contribution in [0.4, 0.5) is 0 Å². The van der Waals surface area contributed by atoms with Crippen molar-refractivity contribution >= 4 is 13.6 Å². The highest BCUT2D eigenvalue weighted by atomic mass is 31.2. The number of hydrogen-bond acceptors (Lipinski definition) is 5. The van der Waals surface area contributed by atoms with E-state index in [0.717, 1.165) is 0 Å². The number of hydrogen-bond donors (Lipinski definition) is 2. The van der Waals surface area contributed by atoms with E-state index in [-0.39, 0.29) is 18.8 Å². The van der Waals surface area contributed by atoms with Crippen molar-refractivity contribution < 1.29 is 28.0 Å². The number of carbonyl (C=O) groups is 1. The van der Waals surface area contributed by atoms with Crippen LogP contribution in [0.15, 0.2) is 24.8 Å². The normalized spacial score (nSPS) is 15.7. The Bertz CT molecular complexity index is 445. The predicted octanol–water partition coefficient (Wildman–Crippen LogP) is 1.12. The molecule has 0 saturated heterocycles. The van der Waals surface area contributed by atoms with Gasteiger partial charge in [0.15, 0.2) is 0 Å². The zero-order valence-corrected chi connectivity index (χ0v) is 14.8. The Kier molecular flexibility index (Phi) is 8.81. The highest BCUT2D eigenvalue weighted by molar-refractivity contribution is 7.53. The number of esters is 1. The third kappa shape index (κ3) is 9.12. The highest BCUT2D eigenvalue weighted by Gasteiger charge is 2.33. The Labute approximate surface area is 132 Å². The van der Waals surface area contributed by atoms with Crippen LogP contribution in [-0.4, -0.2) is 68.6 Å². The molecule has 0 amide bonds. The number of nitrogens with zero attached hydrogens (tertiary/aromatic N) is 1. The molecule has 2 N–H and O–H groups in total. The fourth-order valence-electron chi connectivity index (χ4n) is 1.30. The van der Waals surface area contributed by atoms with E-state index >= 15 is 0 Å². The Morgan fingerprint density at radius 1 is 1.45 bits per heavy atom. The van der Waals surface area contributed by atoms with Gasteiger partial charge in [0, 0.05) is 12.1 Å². The largest absolute Gasteiger partial charge is 0.460 e. The first-order valence-electron chi connectivity index (χ1n) is 6.94. The number of rotatable bonds is 11. The van der Waals surface area contributed by atoms with Crippen LogP contribution < -0.4 is 5.32 Å². The van der Waals surface area contributed by atoms with E-state index < -0.39 is 19.3 Å². The van der Waals surface area contributed by atoms with Crippen LogP contribution >= 0.6 is 7.60 Å². The molecule has 22 heavy (non-hydrogen) atoms. The highest BCUT2D eigenvalue weighted by Crippen LogP contribution is 2.46. The minimum Gasteiger partial charge on any atom is -0.460 e. The molecule has 0 aromatic heterocycles. The number of likely N-dealkylation sites (N-methyl/N-ethyl adjacent to an activating group) is 1. The first kappa shape index (κ1) is 21.0. The molecule has 0 aromatic rings. The van der Waals surface area contributed by atoms with Gasteiger partial charge in [-0.2, -0.15) is 0 Å². The first-order chi connectivity index (χ1) is 9.99. The summed E-state index contributed by atoms with van der Waals surface area (Å²) in [5.74, 6) is -1.63. The first-order valence-corrected chi connectivity index (χ1v) is 8.58. The van der Waals surface area contributed by atoms with Crippen LogP contribution in [0.25, 0.3) is 0 Å². The van der Waals surface area contributed by atoms with Gasteiger partial charge in [0.1, 0.15) is 25.5 Å². The second-order valence-electron chi connectivity index (χ2n) is 6.00. The second-order valence-corrected chi connectivity index (χ2v) is 8.01. The lowest BCUT2D eigenvalue weighted by atomic mass is 10.4. The lowest BCUT2D eigenvalue weighted by Crippen LogP contribution is -2.39. The summed E-state index contributed by atoms with van der Waals surface area (Å²) in [5, 5.41) is 2.78. The zero-order valence-electron chi connectivity index (χ0n) is 13.9. The standard InChI is InChI=1S/C14H27N2O5P/c1-7-8-15-13(11-20-14(17)12(2)3)22(18,19)21-10-9-16(4,5)6/h7,13,15H,1-2,8-11H2,3-6H3/p+1. The Hall–Kier alpha value is -0.980. The lowest BCUT2D eigenvalue weighted by molar-refractivity contribution is -0.870. The minimum absolute atomic E-state index is 0.123. The van der Waals surface area contributed by atoms with Gasteiger partial charge in [-0.1, -0.05) is 12.7 Å². The molecule has 7 nitrogen and oxygen atoms in total. The third-order valence-electron chi connectivity index (χ3n) is 2.65. The Morgan fingerprint density at radius 2 is 2.05 bits per heavy atom. The van der Waals surface area contributed by atoms with Gasteiger partial charge in [-0.25, -0.2) is 4.79 Å². The molecule has 0 bridgehead atoms. The molecule has 0 radical (unpaired) electrons. The van der Waals surface area contributed by atoms with Crippen molar-refractivity contribution in [2.45, 2.75) is 12.7 Å². The molecule has 0 fully saturated rings. The summed E-state index contributed by atoms with van der Waals surface area (Å²) in [6.45, 7) is 9.20. The molecule has 128 valence electrons. The summed E-state index contributed by atoms with van der Waals surface area (Å²) in [6.07, 6.45) is 1.54. The van der Waals surface area contributed by atoms with E-state index in [2.05, 4.69) is 18.5 Å². The van der Waals surface area contributed by atoms with Gasteiger partial charge in [-0.05, 0) is 6.92 Å². The van der Waals surface area contributed by atoms with Crippen molar-refractivity contribution in [2.75, 3.05) is 47.4 Å². The summed E-state index contributed by atoms with van der Waals surface area (Å²) in [4.78, 5) is 21.5. The van der Waals surface area contributed by atoms with Crippen molar-refractivity contribution in [1.29, 1.82) is 0 Å². The summed E-state index contributed by atoms with van der Waals surface area (Å²) in [6, 6.07) is 0. The molecule has 8 heteroatoms. The number of quaternary nitrogens is 1. The summed E-state index contributed by atoms with van der Waals surface area (Å²) < 4.78 is 23.0. The van der Waals surface area contributed by atoms with Gasteiger partial charge in [0.2, 0.25) is 0 Å². The lowest BCUT2D eigenvalue weighted by Gasteiger charge is -2.26. The van der Waals surface area contributed by atoms with Gasteiger partial charge < -0.3 is 18.6 Å². The molecule has 0 aliphatic carbocycles. The van der Waals surface area contributed by atoms with Crippen LogP contribution in [-0.2, 0) is 18.6 Å². The van der Waals surface area contributed by atoms with Crippen molar-refractivity contribution in [2.24, 2.45) is 0 Å². The number of ether oxygens (including phenoxy) is 1. The van der Waals surface area contributed by atoms with Gasteiger partial charge >= 0.3 is 13.6 Å². The molecule has 0 aliphatic heterocycles. The van der Waals surface area contributed by atoms with Crippen LogP contribution in [0.5, 0.6) is 0 Å². The Balaban J connectivity index is 4.68. The SMILES string of the molecule is C=CCNC(COC(=O)C(=C)C)P(=O)(O)OCC[N+](C)(C)C.